The summed E-state index contributed by atoms with van der Waals surface area (Å²) in [4.78, 5) is 19.2. The summed E-state index contributed by atoms with van der Waals surface area (Å²) in [6.07, 6.45) is 1.89. The van der Waals surface area contributed by atoms with Crippen LogP contribution >= 0.6 is 11.8 Å². The van der Waals surface area contributed by atoms with E-state index < -0.39 is 0 Å². The number of anilines is 2. The summed E-state index contributed by atoms with van der Waals surface area (Å²) in [5, 5.41) is 7.00. The number of benzene rings is 3. The number of aromatic amines is 1. The van der Waals surface area contributed by atoms with Gasteiger partial charge in [0, 0.05) is 47.7 Å². The molecule has 0 saturated heterocycles. The predicted octanol–water partition coefficient (Wildman–Crippen LogP) is 5.60. The van der Waals surface area contributed by atoms with Crippen molar-refractivity contribution in [2.24, 2.45) is 0 Å². The second-order valence-corrected chi connectivity index (χ2v) is 8.78. The van der Waals surface area contributed by atoms with E-state index in [1.807, 2.05) is 42.2 Å². The summed E-state index contributed by atoms with van der Waals surface area (Å²) in [7, 11) is 0. The Morgan fingerprint density at radius 3 is 2.81 bits per heavy atom. The Morgan fingerprint density at radius 1 is 1.00 bits per heavy atom. The van der Waals surface area contributed by atoms with E-state index in [1.165, 1.54) is 16.1 Å². The van der Waals surface area contributed by atoms with Gasteiger partial charge in [-0.2, -0.15) is 0 Å². The molecular formula is C25H24N4OS. The van der Waals surface area contributed by atoms with Crippen LogP contribution in [0.2, 0.25) is 0 Å². The maximum Gasteiger partial charge on any atom is 0.319 e. The minimum Gasteiger partial charge on any atom is -0.365 e. The van der Waals surface area contributed by atoms with Gasteiger partial charge in [0.25, 0.3) is 0 Å². The SMILES string of the molecule is O=C(NCc1ccc2c(c1)SCCN2Cc1ccccc1)Nc1ccc2cc[nH]c2c1. The Morgan fingerprint density at radius 2 is 1.90 bits per heavy atom. The molecule has 156 valence electrons. The van der Waals surface area contributed by atoms with Gasteiger partial charge in [-0.15, -0.1) is 11.8 Å². The number of H-pyrrole nitrogens is 1. The molecule has 31 heavy (non-hydrogen) atoms. The molecule has 0 unspecified atom stereocenters. The van der Waals surface area contributed by atoms with Crippen LogP contribution in [0, 0.1) is 0 Å². The number of thioether (sulfide) groups is 1. The highest BCUT2D eigenvalue weighted by Gasteiger charge is 2.18. The van der Waals surface area contributed by atoms with Gasteiger partial charge in [-0.05, 0) is 46.8 Å². The fourth-order valence-corrected chi connectivity index (χ4v) is 4.99. The third kappa shape index (κ3) is 4.54. The van der Waals surface area contributed by atoms with Crippen molar-refractivity contribution in [3.05, 3.63) is 90.1 Å². The minimum absolute atomic E-state index is 0.206. The maximum absolute atomic E-state index is 12.4. The van der Waals surface area contributed by atoms with E-state index in [1.54, 1.807) is 0 Å². The first-order valence-electron chi connectivity index (χ1n) is 10.4. The lowest BCUT2D eigenvalue weighted by Crippen LogP contribution is -2.29. The van der Waals surface area contributed by atoms with E-state index in [0.717, 1.165) is 41.0 Å². The molecule has 1 aliphatic heterocycles. The number of nitrogens with zero attached hydrogens (tertiary/aromatic N) is 1. The van der Waals surface area contributed by atoms with Crippen molar-refractivity contribution in [1.82, 2.24) is 10.3 Å². The van der Waals surface area contributed by atoms with Gasteiger partial charge in [-0.25, -0.2) is 4.79 Å². The number of hydrogen-bond acceptors (Lipinski definition) is 3. The van der Waals surface area contributed by atoms with Crippen molar-refractivity contribution >= 4 is 40.1 Å². The third-order valence-electron chi connectivity index (χ3n) is 5.47. The van der Waals surface area contributed by atoms with E-state index in [-0.39, 0.29) is 6.03 Å². The minimum atomic E-state index is -0.206. The molecule has 0 fully saturated rings. The number of carbonyl (C=O) groups excluding carboxylic acids is 1. The maximum atomic E-state index is 12.4. The zero-order valence-electron chi connectivity index (χ0n) is 17.1. The standard InChI is InChI=1S/C25H24N4OS/c30-25(28-21-8-7-20-10-11-26-22(20)15-21)27-16-19-6-9-23-24(14-19)31-13-12-29(23)17-18-4-2-1-3-5-18/h1-11,14-15,26H,12-13,16-17H2,(H2,27,28,30). The van der Waals surface area contributed by atoms with Crippen molar-refractivity contribution in [2.75, 3.05) is 22.5 Å². The Hall–Kier alpha value is -3.38. The molecule has 5 nitrogen and oxygen atoms in total. The molecule has 0 spiro atoms. The van der Waals surface area contributed by atoms with E-state index >= 15 is 0 Å². The van der Waals surface area contributed by atoms with Gasteiger partial charge in [0.2, 0.25) is 0 Å². The normalized spacial score (nSPS) is 13.1. The third-order valence-corrected chi connectivity index (χ3v) is 6.49. The highest BCUT2D eigenvalue weighted by atomic mass is 32.2. The number of nitrogens with one attached hydrogen (secondary N) is 3. The van der Waals surface area contributed by atoms with Gasteiger partial charge in [-0.1, -0.05) is 42.5 Å². The average molecular weight is 429 g/mol. The predicted molar refractivity (Wildman–Crippen MR) is 129 cm³/mol. The van der Waals surface area contributed by atoms with E-state index in [2.05, 4.69) is 69.0 Å². The van der Waals surface area contributed by atoms with Gasteiger partial charge in [0.15, 0.2) is 0 Å². The van der Waals surface area contributed by atoms with Crippen LogP contribution in [0.15, 0.2) is 83.9 Å². The molecular weight excluding hydrogens is 404 g/mol. The second kappa shape index (κ2) is 8.78. The molecule has 3 N–H and O–H groups in total. The van der Waals surface area contributed by atoms with Crippen molar-refractivity contribution in [3.63, 3.8) is 0 Å². The molecule has 6 heteroatoms. The molecule has 2 heterocycles. The Labute approximate surface area is 185 Å². The molecule has 0 atom stereocenters. The lowest BCUT2D eigenvalue weighted by Gasteiger charge is -2.31. The zero-order valence-corrected chi connectivity index (χ0v) is 17.9. The lowest BCUT2D eigenvalue weighted by atomic mass is 10.1. The molecule has 0 saturated carbocycles. The van der Waals surface area contributed by atoms with Crippen molar-refractivity contribution < 1.29 is 4.79 Å². The highest BCUT2D eigenvalue weighted by Crippen LogP contribution is 2.36. The number of rotatable bonds is 5. The zero-order chi connectivity index (χ0) is 21.0. The van der Waals surface area contributed by atoms with Crippen LogP contribution in [-0.4, -0.2) is 23.3 Å². The fourth-order valence-electron chi connectivity index (χ4n) is 3.88. The highest BCUT2D eigenvalue weighted by molar-refractivity contribution is 7.99. The number of urea groups is 1. The second-order valence-electron chi connectivity index (χ2n) is 7.65. The smallest absolute Gasteiger partial charge is 0.319 e. The molecule has 0 bridgehead atoms. The molecule has 5 rings (SSSR count). The van der Waals surface area contributed by atoms with Gasteiger partial charge in [0.1, 0.15) is 0 Å². The number of amides is 2. The summed E-state index contributed by atoms with van der Waals surface area (Å²) in [6.45, 7) is 2.44. The van der Waals surface area contributed by atoms with Crippen LogP contribution in [0.5, 0.6) is 0 Å². The molecule has 2 amide bonds. The molecule has 3 aromatic carbocycles. The lowest BCUT2D eigenvalue weighted by molar-refractivity contribution is 0.251. The van der Waals surface area contributed by atoms with E-state index in [9.17, 15) is 4.79 Å². The van der Waals surface area contributed by atoms with Crippen LogP contribution in [0.3, 0.4) is 0 Å². The molecule has 1 aliphatic rings. The largest absolute Gasteiger partial charge is 0.365 e. The number of carbonyl (C=O) groups is 1. The summed E-state index contributed by atoms with van der Waals surface area (Å²) in [5.41, 5.74) is 5.46. The van der Waals surface area contributed by atoms with Crippen molar-refractivity contribution in [2.45, 2.75) is 18.0 Å². The fraction of sp³-hybridized carbons (Fsp3) is 0.160. The first-order chi connectivity index (χ1) is 15.2. The van der Waals surface area contributed by atoms with Crippen LogP contribution in [0.25, 0.3) is 10.9 Å². The monoisotopic (exact) mass is 428 g/mol. The first kappa shape index (κ1) is 19.6. The molecule has 1 aromatic heterocycles. The Balaban J connectivity index is 1.21. The van der Waals surface area contributed by atoms with Crippen LogP contribution < -0.4 is 15.5 Å². The Bertz CT molecular complexity index is 1200. The Kier molecular flexibility index (Phi) is 5.54. The van der Waals surface area contributed by atoms with Gasteiger partial charge in [0.05, 0.1) is 5.69 Å². The summed E-state index contributed by atoms with van der Waals surface area (Å²) in [6, 6.07) is 24.7. The molecule has 0 aliphatic carbocycles. The van der Waals surface area contributed by atoms with E-state index in [0.29, 0.717) is 6.54 Å². The topological polar surface area (TPSA) is 60.2 Å². The van der Waals surface area contributed by atoms with Crippen LogP contribution in [0.1, 0.15) is 11.1 Å². The molecule has 0 radical (unpaired) electrons. The van der Waals surface area contributed by atoms with Crippen LogP contribution in [-0.2, 0) is 13.1 Å². The number of hydrogen-bond donors (Lipinski definition) is 3. The summed E-state index contributed by atoms with van der Waals surface area (Å²) in [5.74, 6) is 1.07. The quantitative estimate of drug-likeness (QED) is 0.388. The number of aromatic nitrogens is 1. The van der Waals surface area contributed by atoms with Gasteiger partial charge < -0.3 is 20.5 Å². The van der Waals surface area contributed by atoms with E-state index in [4.69, 9.17) is 0 Å². The average Bonchev–Trinajstić information content (AvgIpc) is 3.26. The van der Waals surface area contributed by atoms with Gasteiger partial charge >= 0.3 is 6.03 Å². The van der Waals surface area contributed by atoms with Gasteiger partial charge in [-0.3, -0.25) is 0 Å². The van der Waals surface area contributed by atoms with Crippen LogP contribution in [0.4, 0.5) is 16.2 Å². The number of fused-ring (bicyclic) bond motifs is 2. The van der Waals surface area contributed by atoms with Crippen molar-refractivity contribution in [3.8, 4) is 0 Å². The van der Waals surface area contributed by atoms with Crippen molar-refractivity contribution in [1.29, 1.82) is 0 Å². The first-order valence-corrected chi connectivity index (χ1v) is 11.4. The summed E-state index contributed by atoms with van der Waals surface area (Å²) < 4.78 is 0. The summed E-state index contributed by atoms with van der Waals surface area (Å²) >= 11 is 1.88. The molecule has 4 aromatic rings.